The number of benzene rings is 2. The zero-order chi connectivity index (χ0) is 19.0. The quantitative estimate of drug-likeness (QED) is 0.511. The Morgan fingerprint density at radius 2 is 1.85 bits per heavy atom. The number of aromatic nitrogens is 2. The van der Waals surface area contributed by atoms with Crippen LogP contribution in [-0.2, 0) is 17.3 Å². The van der Waals surface area contributed by atoms with Crippen LogP contribution < -0.4 is 4.74 Å². The molecule has 2 aromatic carbocycles. The molecule has 0 aliphatic carbocycles. The molecule has 27 heavy (non-hydrogen) atoms. The first-order chi connectivity index (χ1) is 13.0. The van der Waals surface area contributed by atoms with Gasteiger partial charge in [-0.1, -0.05) is 30.3 Å². The summed E-state index contributed by atoms with van der Waals surface area (Å²) in [5.41, 5.74) is 4.56. The lowest BCUT2D eigenvalue weighted by Gasteiger charge is -2.13. The van der Waals surface area contributed by atoms with E-state index in [0.717, 1.165) is 27.5 Å². The summed E-state index contributed by atoms with van der Waals surface area (Å²) in [7, 11) is -2.65. The van der Waals surface area contributed by atoms with Gasteiger partial charge in [-0.15, -0.1) is 0 Å². The Bertz CT molecular complexity index is 1130. The minimum absolute atomic E-state index is 0.338. The van der Waals surface area contributed by atoms with Crippen LogP contribution >= 0.6 is 7.60 Å². The van der Waals surface area contributed by atoms with Crippen LogP contribution in [0.3, 0.4) is 0 Å². The van der Waals surface area contributed by atoms with Crippen molar-refractivity contribution in [1.29, 1.82) is 0 Å². The van der Waals surface area contributed by atoms with Crippen LogP contribution in [0.1, 0.15) is 11.1 Å². The maximum absolute atomic E-state index is 11.3. The lowest BCUT2D eigenvalue weighted by Crippen LogP contribution is -2.01. The molecule has 138 valence electrons. The van der Waals surface area contributed by atoms with Crippen molar-refractivity contribution >= 4 is 29.5 Å². The predicted molar refractivity (Wildman–Crippen MR) is 105 cm³/mol. The van der Waals surface area contributed by atoms with Gasteiger partial charge in [0.15, 0.2) is 0 Å². The van der Waals surface area contributed by atoms with E-state index in [-0.39, 0.29) is 6.16 Å². The SMILES string of the molecule is COc1cc(Cn2c3ccccc3c3ncccc32)ccc1CP(=O)(O)O. The van der Waals surface area contributed by atoms with Crippen LogP contribution in [-0.4, -0.2) is 26.4 Å². The van der Waals surface area contributed by atoms with Gasteiger partial charge < -0.3 is 19.1 Å². The number of nitrogens with zero attached hydrogens (tertiary/aromatic N) is 2. The summed E-state index contributed by atoms with van der Waals surface area (Å²) in [5, 5.41) is 1.10. The van der Waals surface area contributed by atoms with Crippen molar-refractivity contribution in [2.24, 2.45) is 0 Å². The summed E-state index contributed by atoms with van der Waals surface area (Å²) in [6.07, 6.45) is 1.45. The smallest absolute Gasteiger partial charge is 0.330 e. The van der Waals surface area contributed by atoms with E-state index in [9.17, 15) is 14.4 Å². The molecule has 6 nitrogen and oxygen atoms in total. The van der Waals surface area contributed by atoms with Crippen molar-refractivity contribution in [2.75, 3.05) is 7.11 Å². The van der Waals surface area contributed by atoms with Crippen molar-refractivity contribution in [3.05, 3.63) is 71.9 Å². The van der Waals surface area contributed by atoms with E-state index in [0.29, 0.717) is 17.9 Å². The monoisotopic (exact) mass is 382 g/mol. The van der Waals surface area contributed by atoms with Gasteiger partial charge in [0.2, 0.25) is 0 Å². The zero-order valence-corrected chi connectivity index (χ0v) is 15.6. The second-order valence-corrected chi connectivity index (χ2v) is 8.09. The topological polar surface area (TPSA) is 84.6 Å². The molecule has 0 saturated heterocycles. The zero-order valence-electron chi connectivity index (χ0n) is 14.7. The summed E-state index contributed by atoms with van der Waals surface area (Å²) in [6.45, 7) is 0.599. The first-order valence-corrected chi connectivity index (χ1v) is 10.3. The Balaban J connectivity index is 1.79. The van der Waals surface area contributed by atoms with Gasteiger partial charge >= 0.3 is 7.60 Å². The molecule has 2 heterocycles. The second kappa shape index (κ2) is 6.82. The Kier molecular flexibility index (Phi) is 4.48. The first kappa shape index (κ1) is 17.7. The molecule has 0 bridgehead atoms. The molecular formula is C20H19N2O4P. The third kappa shape index (κ3) is 3.47. The normalized spacial score (nSPS) is 12.0. The largest absolute Gasteiger partial charge is 0.496 e. The maximum atomic E-state index is 11.3. The molecule has 0 saturated carbocycles. The average molecular weight is 382 g/mol. The fourth-order valence-electron chi connectivity index (χ4n) is 3.45. The predicted octanol–water partition coefficient (Wildman–Crippen LogP) is 3.92. The van der Waals surface area contributed by atoms with Gasteiger partial charge in [-0.25, -0.2) is 0 Å². The summed E-state index contributed by atoms with van der Waals surface area (Å²) in [6, 6.07) is 17.5. The van der Waals surface area contributed by atoms with Crippen molar-refractivity contribution in [3.63, 3.8) is 0 Å². The van der Waals surface area contributed by atoms with Crippen LogP contribution in [0.15, 0.2) is 60.8 Å². The number of rotatable bonds is 5. The molecular weight excluding hydrogens is 363 g/mol. The summed E-state index contributed by atoms with van der Waals surface area (Å²) in [4.78, 5) is 23.0. The van der Waals surface area contributed by atoms with E-state index in [1.807, 2.05) is 36.4 Å². The van der Waals surface area contributed by atoms with Crippen LogP contribution in [0, 0.1) is 0 Å². The van der Waals surface area contributed by atoms with Crippen LogP contribution in [0.4, 0.5) is 0 Å². The van der Waals surface area contributed by atoms with Gasteiger partial charge in [-0.2, -0.15) is 0 Å². The van der Waals surface area contributed by atoms with Crippen molar-refractivity contribution in [2.45, 2.75) is 12.7 Å². The standard InChI is InChI=1S/C20H19N2O4P/c1-26-19-11-14(8-9-15(19)13-27(23,24)25)12-22-17-6-3-2-5-16(17)20-18(22)7-4-10-21-20/h2-11H,12-13H2,1H3,(H2,23,24,25). The minimum atomic E-state index is -4.16. The van der Waals surface area contributed by atoms with Gasteiger partial charge in [0.25, 0.3) is 0 Å². The third-order valence-electron chi connectivity index (χ3n) is 4.60. The molecule has 0 atom stereocenters. The van der Waals surface area contributed by atoms with E-state index in [1.165, 1.54) is 7.11 Å². The molecule has 0 aliphatic rings. The number of ether oxygens (including phenoxy) is 1. The number of methoxy groups -OCH3 is 1. The molecule has 0 amide bonds. The van der Waals surface area contributed by atoms with Gasteiger partial charge in [-0.3, -0.25) is 9.55 Å². The summed E-state index contributed by atoms with van der Waals surface area (Å²) < 4.78 is 18.9. The Morgan fingerprint density at radius 3 is 2.63 bits per heavy atom. The number of para-hydroxylation sites is 1. The molecule has 4 aromatic rings. The molecule has 0 unspecified atom stereocenters. The molecule has 0 spiro atoms. The molecule has 0 aliphatic heterocycles. The number of hydrogen-bond donors (Lipinski definition) is 2. The third-order valence-corrected chi connectivity index (χ3v) is 5.35. The maximum Gasteiger partial charge on any atom is 0.330 e. The molecule has 2 N–H and O–H groups in total. The van der Waals surface area contributed by atoms with Gasteiger partial charge in [0, 0.05) is 23.7 Å². The average Bonchev–Trinajstić information content (AvgIpc) is 2.96. The number of hydrogen-bond acceptors (Lipinski definition) is 3. The van der Waals surface area contributed by atoms with Crippen molar-refractivity contribution in [3.8, 4) is 5.75 Å². The van der Waals surface area contributed by atoms with Crippen LogP contribution in [0.25, 0.3) is 21.9 Å². The highest BCUT2D eigenvalue weighted by Gasteiger charge is 2.18. The molecule has 0 radical (unpaired) electrons. The minimum Gasteiger partial charge on any atom is -0.496 e. The van der Waals surface area contributed by atoms with E-state index < -0.39 is 7.60 Å². The van der Waals surface area contributed by atoms with Crippen molar-refractivity contribution in [1.82, 2.24) is 9.55 Å². The molecule has 0 fully saturated rings. The van der Waals surface area contributed by atoms with E-state index in [2.05, 4.69) is 21.7 Å². The second-order valence-electron chi connectivity index (χ2n) is 6.44. The highest BCUT2D eigenvalue weighted by atomic mass is 31.2. The molecule has 7 heteroatoms. The lowest BCUT2D eigenvalue weighted by molar-refractivity contribution is 0.368. The Labute approximate surface area is 156 Å². The molecule has 2 aromatic heterocycles. The number of pyridine rings is 1. The highest BCUT2D eigenvalue weighted by molar-refractivity contribution is 7.50. The summed E-state index contributed by atoms with van der Waals surface area (Å²) >= 11 is 0. The highest BCUT2D eigenvalue weighted by Crippen LogP contribution is 2.41. The van der Waals surface area contributed by atoms with Gasteiger partial charge in [0.1, 0.15) is 5.75 Å². The van der Waals surface area contributed by atoms with Crippen LogP contribution in [0.5, 0.6) is 5.75 Å². The Hall–Kier alpha value is -2.66. The van der Waals surface area contributed by atoms with E-state index >= 15 is 0 Å². The van der Waals surface area contributed by atoms with Gasteiger partial charge in [-0.05, 0) is 29.8 Å². The lowest BCUT2D eigenvalue weighted by atomic mass is 10.1. The number of fused-ring (bicyclic) bond motifs is 3. The first-order valence-electron chi connectivity index (χ1n) is 8.48. The van der Waals surface area contributed by atoms with Crippen LogP contribution in [0.2, 0.25) is 0 Å². The fraction of sp³-hybridized carbons (Fsp3) is 0.150. The summed E-state index contributed by atoms with van der Waals surface area (Å²) in [5.74, 6) is 0.481. The van der Waals surface area contributed by atoms with E-state index in [4.69, 9.17) is 4.74 Å². The molecule has 4 rings (SSSR count). The van der Waals surface area contributed by atoms with Crippen molar-refractivity contribution < 1.29 is 19.1 Å². The fourth-order valence-corrected chi connectivity index (χ4v) is 4.16. The Morgan fingerprint density at radius 1 is 1.07 bits per heavy atom. The van der Waals surface area contributed by atoms with Gasteiger partial charge in [0.05, 0.1) is 29.8 Å². The van der Waals surface area contributed by atoms with E-state index in [1.54, 1.807) is 12.3 Å².